The Hall–Kier alpha value is -1.07. The van der Waals surface area contributed by atoms with Crippen LogP contribution in [0.1, 0.15) is 40.5 Å². The van der Waals surface area contributed by atoms with Gasteiger partial charge in [0.25, 0.3) is 0 Å². The maximum absolute atomic E-state index is 12.1. The molecule has 19 heavy (non-hydrogen) atoms. The first-order valence-electron chi connectivity index (χ1n) is 6.81. The third-order valence-corrected chi connectivity index (χ3v) is 3.52. The SMILES string of the molecule is CC[C@H](C)[C@H](CC(C)=O)C(=O)CN[C@@H](C)C(=O)CN. The molecule has 0 saturated heterocycles. The molecule has 0 aliphatic carbocycles. The summed E-state index contributed by atoms with van der Waals surface area (Å²) in [6.45, 7) is 7.22. The van der Waals surface area contributed by atoms with Crippen molar-refractivity contribution in [2.75, 3.05) is 13.1 Å². The molecule has 3 atom stereocenters. The van der Waals surface area contributed by atoms with Crippen LogP contribution in [0.5, 0.6) is 0 Å². The van der Waals surface area contributed by atoms with Crippen LogP contribution in [-0.4, -0.2) is 36.5 Å². The zero-order valence-electron chi connectivity index (χ0n) is 12.4. The molecule has 0 heterocycles. The Balaban J connectivity index is 4.48. The number of rotatable bonds is 10. The van der Waals surface area contributed by atoms with Crippen LogP contribution in [0.2, 0.25) is 0 Å². The van der Waals surface area contributed by atoms with Crippen molar-refractivity contribution in [3.63, 3.8) is 0 Å². The monoisotopic (exact) mass is 270 g/mol. The maximum Gasteiger partial charge on any atom is 0.162 e. The molecule has 0 aliphatic rings. The van der Waals surface area contributed by atoms with Crippen molar-refractivity contribution in [3.05, 3.63) is 0 Å². The first kappa shape index (κ1) is 17.9. The van der Waals surface area contributed by atoms with E-state index >= 15 is 0 Å². The summed E-state index contributed by atoms with van der Waals surface area (Å²) in [5.74, 6) is -0.223. The Morgan fingerprint density at radius 2 is 1.74 bits per heavy atom. The molecule has 0 unspecified atom stereocenters. The zero-order valence-corrected chi connectivity index (χ0v) is 12.4. The van der Waals surface area contributed by atoms with Crippen LogP contribution in [0.3, 0.4) is 0 Å². The second-order valence-electron chi connectivity index (χ2n) is 5.14. The van der Waals surface area contributed by atoms with E-state index < -0.39 is 6.04 Å². The van der Waals surface area contributed by atoms with Crippen molar-refractivity contribution < 1.29 is 14.4 Å². The minimum atomic E-state index is -0.427. The fourth-order valence-corrected chi connectivity index (χ4v) is 1.90. The van der Waals surface area contributed by atoms with E-state index in [0.717, 1.165) is 6.42 Å². The molecule has 0 aromatic heterocycles. The van der Waals surface area contributed by atoms with E-state index in [-0.39, 0.29) is 48.7 Å². The molecule has 0 amide bonds. The van der Waals surface area contributed by atoms with E-state index in [2.05, 4.69) is 5.32 Å². The van der Waals surface area contributed by atoms with Crippen LogP contribution in [0.15, 0.2) is 0 Å². The van der Waals surface area contributed by atoms with E-state index in [0.29, 0.717) is 0 Å². The first-order valence-corrected chi connectivity index (χ1v) is 6.81. The predicted molar refractivity (Wildman–Crippen MR) is 74.8 cm³/mol. The number of nitrogens with one attached hydrogen (secondary N) is 1. The average molecular weight is 270 g/mol. The number of hydrogen-bond donors (Lipinski definition) is 2. The molecule has 0 aromatic carbocycles. The molecule has 110 valence electrons. The molecule has 3 N–H and O–H groups in total. The summed E-state index contributed by atoms with van der Waals surface area (Å²) in [7, 11) is 0. The van der Waals surface area contributed by atoms with Gasteiger partial charge in [0, 0.05) is 12.3 Å². The summed E-state index contributed by atoms with van der Waals surface area (Å²) in [5.41, 5.74) is 5.26. The van der Waals surface area contributed by atoms with Crippen LogP contribution >= 0.6 is 0 Å². The van der Waals surface area contributed by atoms with E-state index in [1.807, 2.05) is 13.8 Å². The van der Waals surface area contributed by atoms with Gasteiger partial charge in [0.15, 0.2) is 5.78 Å². The zero-order chi connectivity index (χ0) is 15.0. The number of hydrogen-bond acceptors (Lipinski definition) is 5. The summed E-state index contributed by atoms with van der Waals surface area (Å²) >= 11 is 0. The highest BCUT2D eigenvalue weighted by Gasteiger charge is 2.25. The van der Waals surface area contributed by atoms with Gasteiger partial charge in [-0.1, -0.05) is 20.3 Å². The van der Waals surface area contributed by atoms with E-state index in [9.17, 15) is 14.4 Å². The lowest BCUT2D eigenvalue weighted by molar-refractivity contribution is -0.128. The summed E-state index contributed by atoms with van der Waals surface area (Å²) in [4.78, 5) is 34.7. The number of carbonyl (C=O) groups is 3. The molecule has 5 heteroatoms. The molecule has 0 radical (unpaired) electrons. The lowest BCUT2D eigenvalue weighted by atomic mass is 9.84. The van der Waals surface area contributed by atoms with Gasteiger partial charge < -0.3 is 15.8 Å². The van der Waals surface area contributed by atoms with E-state index in [1.165, 1.54) is 6.92 Å². The Bertz CT molecular complexity index is 329. The lowest BCUT2D eigenvalue weighted by Crippen LogP contribution is -2.42. The molecule has 0 spiro atoms. The fourth-order valence-electron chi connectivity index (χ4n) is 1.90. The van der Waals surface area contributed by atoms with Gasteiger partial charge in [-0.15, -0.1) is 0 Å². The smallest absolute Gasteiger partial charge is 0.162 e. The standard InChI is InChI=1S/C14H26N2O3/c1-5-9(2)12(6-10(3)17)14(19)8-16-11(4)13(18)7-15/h9,11-12,16H,5-8,15H2,1-4H3/t9-,11-,12-/m0/s1. The van der Waals surface area contributed by atoms with Gasteiger partial charge in [0.05, 0.1) is 19.1 Å². The Morgan fingerprint density at radius 3 is 2.16 bits per heavy atom. The Labute approximate surface area is 115 Å². The van der Waals surface area contributed by atoms with E-state index in [4.69, 9.17) is 5.73 Å². The third-order valence-electron chi connectivity index (χ3n) is 3.52. The number of nitrogens with two attached hydrogens (primary N) is 1. The lowest BCUT2D eigenvalue weighted by Gasteiger charge is -2.21. The van der Waals surface area contributed by atoms with Gasteiger partial charge in [0.2, 0.25) is 0 Å². The molecule has 0 fully saturated rings. The van der Waals surface area contributed by atoms with Crippen molar-refractivity contribution >= 4 is 17.3 Å². The van der Waals surface area contributed by atoms with Crippen molar-refractivity contribution in [2.24, 2.45) is 17.6 Å². The van der Waals surface area contributed by atoms with Crippen LogP contribution in [-0.2, 0) is 14.4 Å². The third kappa shape index (κ3) is 6.59. The van der Waals surface area contributed by atoms with Gasteiger partial charge in [-0.05, 0) is 19.8 Å². The van der Waals surface area contributed by atoms with Crippen LogP contribution in [0.25, 0.3) is 0 Å². The molecular formula is C14H26N2O3. The predicted octanol–water partition coefficient (Wildman–Crippen LogP) is 0.703. The van der Waals surface area contributed by atoms with Gasteiger partial charge in [-0.3, -0.25) is 9.59 Å². The average Bonchev–Trinajstić information content (AvgIpc) is 2.39. The summed E-state index contributed by atoms with van der Waals surface area (Å²) in [5, 5.41) is 2.88. The summed E-state index contributed by atoms with van der Waals surface area (Å²) < 4.78 is 0. The van der Waals surface area contributed by atoms with Crippen molar-refractivity contribution in [1.29, 1.82) is 0 Å². The number of ketones is 3. The minimum absolute atomic E-state index is 0.0128. The fraction of sp³-hybridized carbons (Fsp3) is 0.786. The van der Waals surface area contributed by atoms with Gasteiger partial charge >= 0.3 is 0 Å². The highest BCUT2D eigenvalue weighted by Crippen LogP contribution is 2.20. The largest absolute Gasteiger partial charge is 0.324 e. The minimum Gasteiger partial charge on any atom is -0.324 e. The Kier molecular flexibility index (Phi) is 8.43. The highest BCUT2D eigenvalue weighted by molar-refractivity contribution is 5.90. The summed E-state index contributed by atoms with van der Waals surface area (Å²) in [6.07, 6.45) is 1.12. The molecule has 0 aromatic rings. The molecule has 0 rings (SSSR count). The molecule has 0 saturated carbocycles. The molecule has 0 bridgehead atoms. The molecule has 0 aliphatic heterocycles. The highest BCUT2D eigenvalue weighted by atomic mass is 16.1. The van der Waals surface area contributed by atoms with Crippen molar-refractivity contribution in [2.45, 2.75) is 46.6 Å². The van der Waals surface area contributed by atoms with Gasteiger partial charge in [-0.2, -0.15) is 0 Å². The quantitative estimate of drug-likeness (QED) is 0.610. The Morgan fingerprint density at radius 1 is 1.16 bits per heavy atom. The summed E-state index contributed by atoms with van der Waals surface area (Å²) in [6, 6.07) is -0.427. The topological polar surface area (TPSA) is 89.3 Å². The van der Waals surface area contributed by atoms with Crippen LogP contribution < -0.4 is 11.1 Å². The molecular weight excluding hydrogens is 244 g/mol. The molecule has 5 nitrogen and oxygen atoms in total. The van der Waals surface area contributed by atoms with Gasteiger partial charge in [-0.25, -0.2) is 0 Å². The second kappa shape index (κ2) is 8.93. The second-order valence-corrected chi connectivity index (χ2v) is 5.14. The van der Waals surface area contributed by atoms with Crippen LogP contribution in [0, 0.1) is 11.8 Å². The maximum atomic E-state index is 12.1. The normalized spacial score (nSPS) is 15.6. The van der Waals surface area contributed by atoms with Crippen molar-refractivity contribution in [1.82, 2.24) is 5.32 Å². The van der Waals surface area contributed by atoms with E-state index in [1.54, 1.807) is 6.92 Å². The van der Waals surface area contributed by atoms with Crippen molar-refractivity contribution in [3.8, 4) is 0 Å². The van der Waals surface area contributed by atoms with Gasteiger partial charge in [0.1, 0.15) is 11.6 Å². The number of Topliss-reactive ketones (excluding diaryl/α,β-unsaturated/α-hetero) is 3. The number of carbonyl (C=O) groups excluding carboxylic acids is 3. The first-order chi connectivity index (χ1) is 8.83. The van der Waals surface area contributed by atoms with Crippen LogP contribution in [0.4, 0.5) is 0 Å².